The molecule has 0 spiro atoms. The minimum atomic E-state index is -4.23. The van der Waals surface area contributed by atoms with Crippen LogP contribution >= 0.6 is 23.1 Å². The zero-order valence-electron chi connectivity index (χ0n) is 17.6. The number of aromatic nitrogens is 1. The van der Waals surface area contributed by atoms with Crippen LogP contribution < -0.4 is 0 Å². The van der Waals surface area contributed by atoms with E-state index in [2.05, 4.69) is 4.98 Å². The number of ketones is 1. The molecule has 0 amide bonds. The molecule has 2 aliphatic rings. The van der Waals surface area contributed by atoms with Crippen LogP contribution in [0.4, 0.5) is 13.2 Å². The van der Waals surface area contributed by atoms with Gasteiger partial charge in [-0.05, 0) is 49.9 Å². The van der Waals surface area contributed by atoms with E-state index in [0.29, 0.717) is 34.7 Å². The number of alkyl halides is 3. The Morgan fingerprint density at radius 2 is 2.12 bits per heavy atom. The number of hydrogen-bond acceptors (Lipinski definition) is 5. The first-order valence-electron chi connectivity index (χ1n) is 10.3. The monoisotopic (exact) mass is 491 g/mol. The molecule has 1 N–H and O–H groups in total. The molecule has 4 rings (SSSR count). The molecule has 0 fully saturated rings. The summed E-state index contributed by atoms with van der Waals surface area (Å²) < 4.78 is 38.6. The molecule has 1 unspecified atom stereocenters. The third-order valence-electron chi connectivity index (χ3n) is 5.60. The first-order valence-corrected chi connectivity index (χ1v) is 12.1. The SMILES string of the molecule is Cc1nc(C2=CCC(C(F)(F)F)C=C2)sc1CSc1ccc2c(c1)CC/C(=C\C(=O)O)C2=O. The van der Waals surface area contributed by atoms with Crippen molar-refractivity contribution in [2.45, 2.75) is 43.0 Å². The Balaban J connectivity index is 1.43. The summed E-state index contributed by atoms with van der Waals surface area (Å²) in [6.07, 6.45) is 2.00. The summed E-state index contributed by atoms with van der Waals surface area (Å²) in [5.41, 5.74) is 3.34. The van der Waals surface area contributed by atoms with Crippen LogP contribution in [0, 0.1) is 12.8 Å². The van der Waals surface area contributed by atoms with Crippen LogP contribution in [0.5, 0.6) is 0 Å². The number of rotatable bonds is 5. The molecule has 1 aromatic carbocycles. The Morgan fingerprint density at radius 1 is 1.33 bits per heavy atom. The van der Waals surface area contributed by atoms with Crippen molar-refractivity contribution >= 4 is 40.4 Å². The first-order chi connectivity index (χ1) is 15.6. The summed E-state index contributed by atoms with van der Waals surface area (Å²) >= 11 is 3.08. The van der Waals surface area contributed by atoms with E-state index in [9.17, 15) is 22.8 Å². The minimum absolute atomic E-state index is 0.0741. The fourth-order valence-corrected chi connectivity index (χ4v) is 5.97. The number of carboxylic acids is 1. The first kappa shape index (κ1) is 23.5. The highest BCUT2D eigenvalue weighted by Crippen LogP contribution is 2.38. The standard InChI is InChI=1S/C24H20F3NO3S2/c1-13-20(33-23(28-13)14-4-6-17(7-5-14)24(25,26)27)12-32-18-8-9-19-15(10-18)2-3-16(22(19)31)11-21(29)30/h4-6,8-11,17H,2-3,7,12H2,1H3,(H,29,30)/b16-11+. The molecule has 4 nitrogen and oxygen atoms in total. The van der Waals surface area contributed by atoms with E-state index in [1.807, 2.05) is 19.1 Å². The number of halogens is 3. The molecule has 0 bridgehead atoms. The maximum Gasteiger partial charge on any atom is 0.395 e. The van der Waals surface area contributed by atoms with E-state index in [1.165, 1.54) is 23.5 Å². The lowest BCUT2D eigenvalue weighted by Gasteiger charge is -2.18. The highest BCUT2D eigenvalue weighted by atomic mass is 32.2. The average molecular weight is 492 g/mol. The molecule has 0 radical (unpaired) electrons. The number of hydrogen-bond donors (Lipinski definition) is 1. The molecule has 9 heteroatoms. The summed E-state index contributed by atoms with van der Waals surface area (Å²) in [7, 11) is 0. The molecule has 1 aromatic heterocycles. The number of Topliss-reactive ketones (excluding diaryl/α,β-unsaturated/α-hetero) is 1. The molecule has 172 valence electrons. The fraction of sp³-hybridized carbons (Fsp3) is 0.292. The van der Waals surface area contributed by atoms with Crippen molar-refractivity contribution in [1.29, 1.82) is 0 Å². The van der Waals surface area contributed by atoms with E-state index in [-0.39, 0.29) is 12.2 Å². The minimum Gasteiger partial charge on any atom is -0.478 e. The lowest BCUT2D eigenvalue weighted by Crippen LogP contribution is -2.21. The van der Waals surface area contributed by atoms with Crippen LogP contribution in [0.15, 0.2) is 53.0 Å². The summed E-state index contributed by atoms with van der Waals surface area (Å²) in [5.74, 6) is -2.14. The number of aliphatic carboxylic acids is 1. The van der Waals surface area contributed by atoms with Gasteiger partial charge in [0.05, 0.1) is 11.6 Å². The number of allylic oxidation sites excluding steroid dienone is 5. The number of carbonyl (C=O) groups excluding carboxylic acids is 1. The predicted octanol–water partition coefficient (Wildman–Crippen LogP) is 6.41. The Labute approximate surface area is 196 Å². The van der Waals surface area contributed by atoms with Crippen LogP contribution in [-0.2, 0) is 17.0 Å². The highest BCUT2D eigenvalue weighted by molar-refractivity contribution is 7.98. The van der Waals surface area contributed by atoms with Gasteiger partial charge in [-0.25, -0.2) is 9.78 Å². The van der Waals surface area contributed by atoms with Crippen LogP contribution in [0.3, 0.4) is 0 Å². The quantitative estimate of drug-likeness (QED) is 0.387. The van der Waals surface area contributed by atoms with Gasteiger partial charge in [-0.3, -0.25) is 4.79 Å². The number of thioether (sulfide) groups is 1. The number of carboxylic acid groups (broad SMARTS) is 1. The van der Waals surface area contributed by atoms with E-state index in [4.69, 9.17) is 5.11 Å². The van der Waals surface area contributed by atoms with Gasteiger partial charge in [-0.15, -0.1) is 23.1 Å². The molecule has 33 heavy (non-hydrogen) atoms. The average Bonchev–Trinajstić information content (AvgIpc) is 3.14. The van der Waals surface area contributed by atoms with Crippen LogP contribution in [0.1, 0.15) is 44.3 Å². The number of benzene rings is 1. The van der Waals surface area contributed by atoms with Crippen molar-refractivity contribution in [3.8, 4) is 0 Å². The topological polar surface area (TPSA) is 67.3 Å². The Kier molecular flexibility index (Phi) is 6.63. The summed E-state index contributed by atoms with van der Waals surface area (Å²) in [6.45, 7) is 1.89. The number of nitrogens with zero attached hydrogens (tertiary/aromatic N) is 1. The largest absolute Gasteiger partial charge is 0.478 e. The molecular formula is C24H20F3NO3S2. The van der Waals surface area contributed by atoms with Crippen LogP contribution in [-0.4, -0.2) is 28.0 Å². The lowest BCUT2D eigenvalue weighted by atomic mass is 9.87. The second kappa shape index (κ2) is 9.30. The van der Waals surface area contributed by atoms with Crippen molar-refractivity contribution in [2.75, 3.05) is 0 Å². The highest BCUT2D eigenvalue weighted by Gasteiger charge is 2.38. The molecule has 0 saturated heterocycles. The van der Waals surface area contributed by atoms with Gasteiger partial charge in [-0.2, -0.15) is 13.2 Å². The van der Waals surface area contributed by atoms with Gasteiger partial charge >= 0.3 is 12.1 Å². The number of fused-ring (bicyclic) bond motifs is 1. The molecule has 0 saturated carbocycles. The molecule has 1 heterocycles. The number of thiazole rings is 1. The van der Waals surface area contributed by atoms with Gasteiger partial charge in [0.2, 0.25) is 0 Å². The zero-order valence-corrected chi connectivity index (χ0v) is 19.2. The van der Waals surface area contributed by atoms with Gasteiger partial charge in [0.1, 0.15) is 5.01 Å². The molecule has 1 atom stereocenters. The zero-order chi connectivity index (χ0) is 23.8. The second-order valence-corrected chi connectivity index (χ2v) is 10.0. The summed E-state index contributed by atoms with van der Waals surface area (Å²) in [5, 5.41) is 9.63. The predicted molar refractivity (Wildman–Crippen MR) is 123 cm³/mol. The summed E-state index contributed by atoms with van der Waals surface area (Å²) in [4.78, 5) is 30.0. The van der Waals surface area contributed by atoms with Crippen LogP contribution in [0.25, 0.3) is 5.57 Å². The van der Waals surface area contributed by atoms with E-state index < -0.39 is 18.1 Å². The Morgan fingerprint density at radius 3 is 2.79 bits per heavy atom. The van der Waals surface area contributed by atoms with E-state index >= 15 is 0 Å². The lowest BCUT2D eigenvalue weighted by molar-refractivity contribution is -0.160. The third-order valence-corrected chi connectivity index (χ3v) is 8.01. The van der Waals surface area contributed by atoms with Crippen molar-refractivity contribution in [1.82, 2.24) is 4.98 Å². The van der Waals surface area contributed by atoms with Gasteiger partial charge < -0.3 is 5.11 Å². The van der Waals surface area contributed by atoms with Crippen LogP contribution in [0.2, 0.25) is 0 Å². The Hall–Kier alpha value is -2.65. The van der Waals surface area contributed by atoms with Gasteiger partial charge in [-0.1, -0.05) is 18.2 Å². The van der Waals surface area contributed by atoms with Crippen molar-refractivity contribution in [3.63, 3.8) is 0 Å². The smallest absolute Gasteiger partial charge is 0.395 e. The maximum absolute atomic E-state index is 12.9. The van der Waals surface area contributed by atoms with E-state index in [0.717, 1.165) is 32.7 Å². The molecular weight excluding hydrogens is 471 g/mol. The molecule has 2 aromatic rings. The molecule has 2 aliphatic carbocycles. The van der Waals surface area contributed by atoms with Gasteiger partial charge in [0, 0.05) is 38.3 Å². The normalized spacial score (nSPS) is 19.5. The maximum atomic E-state index is 12.9. The Bertz CT molecular complexity index is 1210. The van der Waals surface area contributed by atoms with Gasteiger partial charge in [0.15, 0.2) is 5.78 Å². The fourth-order valence-electron chi connectivity index (χ4n) is 3.79. The van der Waals surface area contributed by atoms with Crippen molar-refractivity contribution in [2.24, 2.45) is 5.92 Å². The molecule has 0 aliphatic heterocycles. The van der Waals surface area contributed by atoms with Gasteiger partial charge in [0.25, 0.3) is 0 Å². The van der Waals surface area contributed by atoms with Crippen molar-refractivity contribution in [3.05, 3.63) is 74.8 Å². The second-order valence-electron chi connectivity index (χ2n) is 7.87. The van der Waals surface area contributed by atoms with E-state index in [1.54, 1.807) is 23.9 Å². The third kappa shape index (κ3) is 5.30. The number of aryl methyl sites for hydroxylation is 2. The summed E-state index contributed by atoms with van der Waals surface area (Å²) in [6, 6.07) is 5.57. The van der Waals surface area contributed by atoms with Crippen molar-refractivity contribution < 1.29 is 27.9 Å². The number of carbonyl (C=O) groups is 2.